The van der Waals surface area contributed by atoms with Gasteiger partial charge in [0.05, 0.1) is 0 Å². The van der Waals surface area contributed by atoms with Crippen molar-refractivity contribution in [2.75, 3.05) is 0 Å². The van der Waals surface area contributed by atoms with Crippen molar-refractivity contribution in [3.8, 4) is 11.1 Å². The Balaban J connectivity index is 1.47. The van der Waals surface area contributed by atoms with E-state index in [9.17, 15) is 30.7 Å². The Morgan fingerprint density at radius 1 is 0.750 bits per heavy atom. The molecule has 0 amide bonds. The molecule has 0 radical (unpaired) electrons. The van der Waals surface area contributed by atoms with Crippen LogP contribution in [0.3, 0.4) is 0 Å². The summed E-state index contributed by atoms with van der Waals surface area (Å²) in [7, 11) is 0. The number of benzene rings is 3. The molecular formula is C32H30F8. The van der Waals surface area contributed by atoms with Crippen LogP contribution in [0, 0.1) is 35.0 Å². The highest BCUT2D eigenvalue weighted by Crippen LogP contribution is 2.39. The zero-order valence-corrected chi connectivity index (χ0v) is 22.0. The predicted octanol–water partition coefficient (Wildman–Crippen LogP) is 10.5. The number of hydrogen-bond donors (Lipinski definition) is 0. The van der Waals surface area contributed by atoms with Gasteiger partial charge in [0, 0.05) is 22.8 Å². The lowest BCUT2D eigenvalue weighted by Gasteiger charge is -2.28. The number of allylic oxidation sites excluding steroid dienone is 1. The van der Waals surface area contributed by atoms with Crippen LogP contribution in [0.2, 0.25) is 0 Å². The minimum absolute atomic E-state index is 0.0207. The molecule has 0 saturated heterocycles. The Morgan fingerprint density at radius 3 is 1.93 bits per heavy atom. The highest BCUT2D eigenvalue weighted by atomic mass is 19.4. The van der Waals surface area contributed by atoms with Crippen LogP contribution in [0.5, 0.6) is 0 Å². The first kappa shape index (κ1) is 29.8. The second-order valence-corrected chi connectivity index (χ2v) is 10.5. The molecular weight excluding hydrogens is 536 g/mol. The third kappa shape index (κ3) is 7.32. The second kappa shape index (κ2) is 12.6. The average molecular weight is 567 g/mol. The van der Waals surface area contributed by atoms with Crippen LogP contribution in [0.25, 0.3) is 17.2 Å². The normalized spacial score (nSPS) is 18.0. The topological polar surface area (TPSA) is 0 Å². The fraction of sp³-hybridized carbons (Fsp3) is 0.375. The van der Waals surface area contributed by atoms with E-state index in [-0.39, 0.29) is 53.2 Å². The largest absolute Gasteiger partial charge is 0.409 e. The summed E-state index contributed by atoms with van der Waals surface area (Å²) < 4.78 is 110. The monoisotopic (exact) mass is 566 g/mol. The summed E-state index contributed by atoms with van der Waals surface area (Å²) in [4.78, 5) is 0. The molecule has 0 heterocycles. The fourth-order valence-electron chi connectivity index (χ4n) is 5.60. The Hall–Kier alpha value is -3.16. The molecule has 1 saturated carbocycles. The van der Waals surface area contributed by atoms with E-state index in [0.717, 1.165) is 61.9 Å². The molecule has 0 nitrogen and oxygen atoms in total. The molecule has 214 valence electrons. The first-order valence-corrected chi connectivity index (χ1v) is 13.5. The zero-order chi connectivity index (χ0) is 29.0. The van der Waals surface area contributed by atoms with E-state index in [4.69, 9.17) is 0 Å². The van der Waals surface area contributed by atoms with Gasteiger partial charge in [0.15, 0.2) is 0 Å². The van der Waals surface area contributed by atoms with Crippen LogP contribution in [0.1, 0.15) is 73.6 Å². The van der Waals surface area contributed by atoms with Crippen molar-refractivity contribution in [2.24, 2.45) is 5.92 Å². The molecule has 1 aliphatic rings. The number of halogens is 8. The smallest absolute Gasteiger partial charge is 0.207 e. The van der Waals surface area contributed by atoms with E-state index >= 15 is 4.39 Å². The van der Waals surface area contributed by atoms with Crippen LogP contribution >= 0.6 is 0 Å². The van der Waals surface area contributed by atoms with Gasteiger partial charge in [-0.25, -0.2) is 22.0 Å². The maximum atomic E-state index is 15.1. The van der Waals surface area contributed by atoms with E-state index in [1.165, 1.54) is 18.6 Å². The highest BCUT2D eigenvalue weighted by molar-refractivity contribution is 5.65. The quantitative estimate of drug-likeness (QED) is 0.238. The van der Waals surface area contributed by atoms with Crippen molar-refractivity contribution in [3.05, 3.63) is 99.9 Å². The first-order valence-electron chi connectivity index (χ1n) is 13.5. The molecule has 0 atom stereocenters. The van der Waals surface area contributed by atoms with Crippen molar-refractivity contribution in [2.45, 2.75) is 70.4 Å². The summed E-state index contributed by atoms with van der Waals surface area (Å²) in [6.45, 7) is 2.17. The fourth-order valence-corrected chi connectivity index (χ4v) is 5.60. The maximum Gasteiger partial charge on any atom is 0.409 e. The van der Waals surface area contributed by atoms with Gasteiger partial charge in [-0.1, -0.05) is 31.9 Å². The molecule has 0 spiro atoms. The van der Waals surface area contributed by atoms with Gasteiger partial charge in [0.2, 0.25) is 0 Å². The summed E-state index contributed by atoms with van der Waals surface area (Å²) in [6, 6.07) is 8.51. The van der Waals surface area contributed by atoms with Crippen molar-refractivity contribution in [1.82, 2.24) is 0 Å². The third-order valence-corrected chi connectivity index (χ3v) is 7.70. The molecule has 0 unspecified atom stereocenters. The average Bonchev–Trinajstić information content (AvgIpc) is 2.87. The molecule has 40 heavy (non-hydrogen) atoms. The minimum Gasteiger partial charge on any atom is -0.207 e. The summed E-state index contributed by atoms with van der Waals surface area (Å²) in [5, 5.41) is 0. The third-order valence-electron chi connectivity index (χ3n) is 7.70. The van der Waals surface area contributed by atoms with Gasteiger partial charge in [-0.15, -0.1) is 0 Å². The van der Waals surface area contributed by atoms with Gasteiger partial charge in [-0.3, -0.25) is 0 Å². The molecule has 3 aromatic carbocycles. The maximum absolute atomic E-state index is 15.1. The molecule has 0 aromatic heterocycles. The molecule has 0 aliphatic heterocycles. The van der Waals surface area contributed by atoms with Crippen LogP contribution in [0.15, 0.2) is 48.5 Å². The van der Waals surface area contributed by atoms with Crippen LogP contribution in [-0.4, -0.2) is 6.18 Å². The summed E-state index contributed by atoms with van der Waals surface area (Å²) >= 11 is 0. The van der Waals surface area contributed by atoms with Crippen molar-refractivity contribution in [3.63, 3.8) is 0 Å². The Labute approximate surface area is 228 Å². The van der Waals surface area contributed by atoms with Crippen molar-refractivity contribution in [1.29, 1.82) is 0 Å². The zero-order valence-electron chi connectivity index (χ0n) is 22.0. The Morgan fingerprint density at radius 2 is 1.38 bits per heavy atom. The number of alkyl halides is 3. The van der Waals surface area contributed by atoms with Gasteiger partial charge in [-0.2, -0.15) is 13.2 Å². The lowest BCUT2D eigenvalue weighted by atomic mass is 9.77. The molecule has 0 N–H and O–H groups in total. The van der Waals surface area contributed by atoms with Crippen LogP contribution in [-0.2, 0) is 12.8 Å². The minimum atomic E-state index is -4.74. The van der Waals surface area contributed by atoms with E-state index in [0.29, 0.717) is 5.92 Å². The summed E-state index contributed by atoms with van der Waals surface area (Å²) in [5.74, 6) is -3.90. The summed E-state index contributed by atoms with van der Waals surface area (Å²) in [5.41, 5.74) is -0.196. The summed E-state index contributed by atoms with van der Waals surface area (Å²) in [6.07, 6.45) is 1.38. The van der Waals surface area contributed by atoms with Crippen molar-refractivity contribution >= 4 is 6.08 Å². The van der Waals surface area contributed by atoms with E-state index < -0.39 is 40.8 Å². The first-order chi connectivity index (χ1) is 18.9. The van der Waals surface area contributed by atoms with Crippen molar-refractivity contribution < 1.29 is 35.1 Å². The standard InChI is InChI=1S/C32H30F8/c1-2-3-19-4-7-21(8-5-19)22-9-11-24(29(35)16-22)23-17-30(36)25(31(37)18-23)10-6-20-14-27(33)26(28(34)15-20)12-13-32(38,39)40/h9,11-19,21H,2-8,10H2,1H3. The van der Waals surface area contributed by atoms with Gasteiger partial charge in [0.25, 0.3) is 0 Å². The molecule has 8 heteroatoms. The van der Waals surface area contributed by atoms with Gasteiger partial charge < -0.3 is 0 Å². The van der Waals surface area contributed by atoms with E-state index in [1.54, 1.807) is 0 Å². The van der Waals surface area contributed by atoms with E-state index in [1.807, 2.05) is 6.07 Å². The van der Waals surface area contributed by atoms with Gasteiger partial charge >= 0.3 is 6.18 Å². The molecule has 0 bridgehead atoms. The second-order valence-electron chi connectivity index (χ2n) is 10.5. The number of rotatable bonds is 8. The SMILES string of the molecule is CCCC1CCC(c2ccc(-c3cc(F)c(CCc4cc(F)c(C=CC(F)(F)F)c(F)c4)c(F)c3)c(F)c2)CC1. The Bertz CT molecular complexity index is 1320. The Kier molecular flexibility index (Phi) is 9.37. The van der Waals surface area contributed by atoms with Crippen LogP contribution in [0.4, 0.5) is 35.1 Å². The van der Waals surface area contributed by atoms with Crippen LogP contribution < -0.4 is 0 Å². The molecule has 4 rings (SSSR count). The number of aryl methyl sites for hydroxylation is 1. The predicted molar refractivity (Wildman–Crippen MR) is 140 cm³/mol. The number of hydrogen-bond acceptors (Lipinski definition) is 0. The molecule has 3 aromatic rings. The lowest BCUT2D eigenvalue weighted by molar-refractivity contribution is -0.0790. The van der Waals surface area contributed by atoms with Gasteiger partial charge in [0.1, 0.15) is 29.1 Å². The molecule has 1 aliphatic carbocycles. The van der Waals surface area contributed by atoms with E-state index in [2.05, 4.69) is 6.92 Å². The van der Waals surface area contributed by atoms with Gasteiger partial charge in [-0.05, 0) is 103 Å². The molecule has 1 fully saturated rings. The highest BCUT2D eigenvalue weighted by Gasteiger charge is 2.24. The lowest BCUT2D eigenvalue weighted by Crippen LogP contribution is -2.13.